The number of benzene rings is 1. The summed E-state index contributed by atoms with van der Waals surface area (Å²) >= 11 is 0. The van der Waals surface area contributed by atoms with Crippen LogP contribution in [0, 0.1) is 11.8 Å². The van der Waals surface area contributed by atoms with E-state index in [1.807, 2.05) is 37.3 Å². The van der Waals surface area contributed by atoms with Gasteiger partial charge in [-0.3, -0.25) is 19.5 Å². The van der Waals surface area contributed by atoms with E-state index in [2.05, 4.69) is 29.2 Å². The zero-order valence-corrected chi connectivity index (χ0v) is 20.8. The number of carbonyl (C=O) groups is 2. The number of likely N-dealkylation sites (N-methyl/N-ethyl adjacent to an activating group) is 1. The number of carbonyl (C=O) groups excluding carboxylic acids is 2. The number of hydrogen-bond donors (Lipinski definition) is 2. The zero-order chi connectivity index (χ0) is 24.9. The highest BCUT2D eigenvalue weighted by Gasteiger charge is 2.32. The molecule has 0 bridgehead atoms. The van der Waals surface area contributed by atoms with Crippen LogP contribution in [0.3, 0.4) is 0 Å². The van der Waals surface area contributed by atoms with E-state index in [9.17, 15) is 14.7 Å². The van der Waals surface area contributed by atoms with Gasteiger partial charge in [0.05, 0.1) is 19.1 Å². The van der Waals surface area contributed by atoms with E-state index in [0.717, 1.165) is 24.9 Å². The Morgan fingerprint density at radius 2 is 2.03 bits per heavy atom. The van der Waals surface area contributed by atoms with Gasteiger partial charge in [0.2, 0.25) is 11.8 Å². The highest BCUT2D eigenvalue weighted by molar-refractivity contribution is 5.94. The molecule has 2 aliphatic rings. The number of amides is 2. The molecule has 1 unspecified atom stereocenters. The van der Waals surface area contributed by atoms with E-state index in [0.29, 0.717) is 24.5 Å². The van der Waals surface area contributed by atoms with Crippen molar-refractivity contribution in [3.8, 4) is 5.75 Å². The summed E-state index contributed by atoms with van der Waals surface area (Å²) in [5, 5.41) is 12.8. The topological polar surface area (TPSA) is 95.0 Å². The summed E-state index contributed by atoms with van der Waals surface area (Å²) < 4.78 is 6.56. The molecule has 1 aliphatic heterocycles. The second-order valence-electron chi connectivity index (χ2n) is 10.0. The average Bonchev–Trinajstić information content (AvgIpc) is 3.68. The quantitative estimate of drug-likeness (QED) is 0.603. The molecule has 1 aromatic carbocycles. The summed E-state index contributed by atoms with van der Waals surface area (Å²) in [6.07, 6.45) is 5.42. The maximum absolute atomic E-state index is 13.3. The van der Waals surface area contributed by atoms with E-state index < -0.39 is 0 Å². The lowest BCUT2D eigenvalue weighted by Gasteiger charge is -2.34. The highest BCUT2D eigenvalue weighted by atomic mass is 16.5. The van der Waals surface area contributed by atoms with Crippen LogP contribution in [0.4, 0.5) is 5.69 Å². The third-order valence-corrected chi connectivity index (χ3v) is 6.83. The van der Waals surface area contributed by atoms with Crippen molar-refractivity contribution >= 4 is 17.5 Å². The van der Waals surface area contributed by atoms with Gasteiger partial charge in [0, 0.05) is 55.1 Å². The molecule has 1 aliphatic carbocycles. The number of aromatic nitrogens is 1. The van der Waals surface area contributed by atoms with Crippen LogP contribution in [-0.2, 0) is 22.6 Å². The third-order valence-electron chi connectivity index (χ3n) is 6.83. The Kier molecular flexibility index (Phi) is 8.03. The maximum atomic E-state index is 13.3. The van der Waals surface area contributed by atoms with Gasteiger partial charge in [-0.2, -0.15) is 0 Å². The van der Waals surface area contributed by atoms with Crippen molar-refractivity contribution in [2.75, 3.05) is 32.1 Å². The summed E-state index contributed by atoms with van der Waals surface area (Å²) in [5.41, 5.74) is 2.59. The largest absolute Gasteiger partial charge is 0.488 e. The number of anilines is 1. The molecule has 1 fully saturated rings. The van der Waals surface area contributed by atoms with Crippen molar-refractivity contribution in [3.05, 3.63) is 53.9 Å². The van der Waals surface area contributed by atoms with Gasteiger partial charge in [-0.1, -0.05) is 6.92 Å². The first kappa shape index (κ1) is 25.1. The molecular weight excluding hydrogens is 444 g/mol. The van der Waals surface area contributed by atoms with Crippen LogP contribution in [-0.4, -0.2) is 70.6 Å². The molecular formula is C27H36N4O4. The van der Waals surface area contributed by atoms with Gasteiger partial charge in [-0.05, 0) is 62.7 Å². The second kappa shape index (κ2) is 11.2. The Labute approximate surface area is 207 Å². The van der Waals surface area contributed by atoms with Crippen LogP contribution >= 0.6 is 0 Å². The van der Waals surface area contributed by atoms with Crippen molar-refractivity contribution in [3.63, 3.8) is 0 Å². The Morgan fingerprint density at radius 3 is 2.71 bits per heavy atom. The molecule has 0 saturated heterocycles. The maximum Gasteiger partial charge on any atom is 0.227 e. The fraction of sp³-hybridized carbons (Fsp3) is 0.519. The monoisotopic (exact) mass is 480 g/mol. The minimum absolute atomic E-state index is 0.0278. The number of rotatable bonds is 8. The molecule has 35 heavy (non-hydrogen) atoms. The van der Waals surface area contributed by atoms with E-state index in [-0.39, 0.29) is 48.8 Å². The molecule has 8 heteroatoms. The lowest BCUT2D eigenvalue weighted by Crippen LogP contribution is -2.47. The first-order chi connectivity index (χ1) is 16.8. The molecule has 0 spiro atoms. The predicted molar refractivity (Wildman–Crippen MR) is 134 cm³/mol. The van der Waals surface area contributed by atoms with Gasteiger partial charge >= 0.3 is 0 Å². The lowest BCUT2D eigenvalue weighted by molar-refractivity contribution is -0.134. The summed E-state index contributed by atoms with van der Waals surface area (Å²) in [4.78, 5) is 33.6. The number of nitrogens with zero attached hydrogens (tertiary/aromatic N) is 3. The molecule has 3 atom stereocenters. The number of aliphatic hydroxyl groups is 1. The van der Waals surface area contributed by atoms with Gasteiger partial charge in [0.15, 0.2) is 0 Å². The SMILES string of the molecule is CC1CN([C@@H](C)CO)C(=O)Cc2cc(NC(=O)C3CC3)ccc2O[C@H]1CN(C)Cc1ccncc1. The van der Waals surface area contributed by atoms with Crippen LogP contribution in [0.2, 0.25) is 0 Å². The van der Waals surface area contributed by atoms with Crippen LogP contribution in [0.5, 0.6) is 5.75 Å². The van der Waals surface area contributed by atoms with E-state index >= 15 is 0 Å². The molecule has 1 saturated carbocycles. The van der Waals surface area contributed by atoms with Crippen molar-refractivity contribution < 1.29 is 19.4 Å². The number of ether oxygens (including phenoxy) is 1. The smallest absolute Gasteiger partial charge is 0.227 e. The van der Waals surface area contributed by atoms with Crippen molar-refractivity contribution in [2.24, 2.45) is 11.8 Å². The Bertz CT molecular complexity index is 1030. The van der Waals surface area contributed by atoms with Gasteiger partial charge in [-0.25, -0.2) is 0 Å². The predicted octanol–water partition coefficient (Wildman–Crippen LogP) is 2.71. The molecule has 1 aromatic heterocycles. The minimum Gasteiger partial charge on any atom is -0.488 e. The lowest BCUT2D eigenvalue weighted by atomic mass is 10.0. The van der Waals surface area contributed by atoms with E-state index in [1.165, 1.54) is 5.56 Å². The van der Waals surface area contributed by atoms with Gasteiger partial charge in [-0.15, -0.1) is 0 Å². The Hall–Kier alpha value is -2.97. The van der Waals surface area contributed by atoms with Crippen molar-refractivity contribution in [2.45, 2.75) is 51.8 Å². The molecule has 188 valence electrons. The standard InChI is InChI=1S/C27H36N4O4/c1-18-14-31(19(2)17-32)26(33)13-22-12-23(29-27(34)21-4-5-21)6-7-24(22)35-25(18)16-30(3)15-20-8-10-28-11-9-20/h6-12,18-19,21,25,32H,4-5,13-17H2,1-3H3,(H,29,34)/t18?,19-,25-/m0/s1. The number of fused-ring (bicyclic) bond motifs is 1. The van der Waals surface area contributed by atoms with Crippen LogP contribution < -0.4 is 10.1 Å². The van der Waals surface area contributed by atoms with Crippen LogP contribution in [0.25, 0.3) is 0 Å². The Balaban J connectivity index is 1.58. The molecule has 2 heterocycles. The second-order valence-corrected chi connectivity index (χ2v) is 10.0. The van der Waals surface area contributed by atoms with E-state index in [4.69, 9.17) is 4.74 Å². The molecule has 2 amide bonds. The van der Waals surface area contributed by atoms with Gasteiger partial charge in [0.1, 0.15) is 11.9 Å². The molecule has 2 N–H and O–H groups in total. The van der Waals surface area contributed by atoms with E-state index in [1.54, 1.807) is 17.3 Å². The fourth-order valence-electron chi connectivity index (χ4n) is 4.49. The fourth-order valence-corrected chi connectivity index (χ4v) is 4.49. The highest BCUT2D eigenvalue weighted by Crippen LogP contribution is 2.32. The summed E-state index contributed by atoms with van der Waals surface area (Å²) in [7, 11) is 2.06. The number of aliphatic hydroxyl groups excluding tert-OH is 1. The molecule has 8 nitrogen and oxygen atoms in total. The van der Waals surface area contributed by atoms with Gasteiger partial charge in [0.25, 0.3) is 0 Å². The molecule has 0 radical (unpaired) electrons. The summed E-state index contributed by atoms with van der Waals surface area (Å²) in [6, 6.07) is 9.26. The zero-order valence-electron chi connectivity index (χ0n) is 20.8. The minimum atomic E-state index is -0.292. The van der Waals surface area contributed by atoms with Crippen molar-refractivity contribution in [1.82, 2.24) is 14.8 Å². The normalized spacial score (nSPS) is 21.4. The molecule has 4 rings (SSSR count). The van der Waals surface area contributed by atoms with Crippen molar-refractivity contribution in [1.29, 1.82) is 0 Å². The first-order valence-corrected chi connectivity index (χ1v) is 12.4. The number of nitrogens with one attached hydrogen (secondary N) is 1. The average molecular weight is 481 g/mol. The summed E-state index contributed by atoms with van der Waals surface area (Å²) in [5.74, 6) is 0.767. The molecule has 2 aromatic rings. The number of hydrogen-bond acceptors (Lipinski definition) is 6. The summed E-state index contributed by atoms with van der Waals surface area (Å²) in [6.45, 7) is 5.76. The Morgan fingerprint density at radius 1 is 1.29 bits per heavy atom. The number of pyridine rings is 1. The third kappa shape index (κ3) is 6.58. The van der Waals surface area contributed by atoms with Crippen LogP contribution in [0.1, 0.15) is 37.8 Å². The van der Waals surface area contributed by atoms with Crippen LogP contribution in [0.15, 0.2) is 42.7 Å². The first-order valence-electron chi connectivity index (χ1n) is 12.4. The van der Waals surface area contributed by atoms with Gasteiger partial charge < -0.3 is 20.1 Å².